The zero-order valence-corrected chi connectivity index (χ0v) is 12.7. The first kappa shape index (κ1) is 16.9. The van der Waals surface area contributed by atoms with E-state index in [1.54, 1.807) is 6.07 Å². The summed E-state index contributed by atoms with van der Waals surface area (Å²) in [6.07, 6.45) is -0.0999. The van der Waals surface area contributed by atoms with Crippen LogP contribution in [0.25, 0.3) is 10.9 Å². The Balaban J connectivity index is 2.40. The van der Waals surface area contributed by atoms with Gasteiger partial charge in [-0.05, 0) is 12.1 Å². The summed E-state index contributed by atoms with van der Waals surface area (Å²) in [7, 11) is 0. The highest BCUT2D eigenvalue weighted by atomic mass is 16.1. The molecule has 0 saturated carbocycles. The zero-order valence-electron chi connectivity index (χ0n) is 12.7. The second-order valence-corrected chi connectivity index (χ2v) is 5.62. The minimum atomic E-state index is -0.643. The highest BCUT2D eigenvalue weighted by molar-refractivity contribution is 5.79. The van der Waals surface area contributed by atoms with Gasteiger partial charge in [0, 0.05) is 41.9 Å². The third-order valence-electron chi connectivity index (χ3n) is 3.76. The molecule has 2 unspecified atom stereocenters. The van der Waals surface area contributed by atoms with E-state index in [1.807, 2.05) is 30.3 Å². The molecule has 0 radical (unpaired) electrons. The van der Waals surface area contributed by atoms with Gasteiger partial charge in [-0.15, -0.1) is 0 Å². The lowest BCUT2D eigenvalue weighted by atomic mass is 9.85. The second kappa shape index (κ2) is 7.17. The van der Waals surface area contributed by atoms with E-state index >= 15 is 0 Å². The summed E-state index contributed by atoms with van der Waals surface area (Å²) in [5.74, 6) is -1.57. The molecule has 0 bridgehead atoms. The van der Waals surface area contributed by atoms with Crippen molar-refractivity contribution >= 4 is 22.7 Å². The molecule has 2 amide bonds. The predicted molar refractivity (Wildman–Crippen MR) is 88.1 cm³/mol. The smallest absolute Gasteiger partial charge is 0.219 e. The molecule has 2 atom stereocenters. The maximum Gasteiger partial charge on any atom is 0.219 e. The van der Waals surface area contributed by atoms with E-state index in [4.69, 9.17) is 22.9 Å². The summed E-state index contributed by atoms with van der Waals surface area (Å²) < 4.78 is 0. The van der Waals surface area contributed by atoms with Gasteiger partial charge in [-0.25, -0.2) is 0 Å². The minimum absolute atomic E-state index is 0.0500. The molecule has 0 aliphatic heterocycles. The number of benzene rings is 1. The molecule has 1 heterocycles. The molecule has 0 aliphatic rings. The highest BCUT2D eigenvalue weighted by Crippen LogP contribution is 2.25. The van der Waals surface area contributed by atoms with Crippen LogP contribution >= 0.6 is 0 Å². The first-order chi connectivity index (χ1) is 10.9. The Kier molecular flexibility index (Phi) is 5.25. The van der Waals surface area contributed by atoms with Crippen LogP contribution in [0.3, 0.4) is 0 Å². The van der Waals surface area contributed by atoms with Gasteiger partial charge in [0.25, 0.3) is 0 Å². The molecule has 2 aromatic rings. The molecule has 1 aromatic heterocycles. The Morgan fingerprint density at radius 3 is 2.04 bits per heavy atom. The first-order valence-electron chi connectivity index (χ1n) is 7.32. The molecule has 7 nitrogen and oxygen atoms in total. The Morgan fingerprint density at radius 1 is 0.913 bits per heavy atom. The number of carbonyl (C=O) groups is 2. The van der Waals surface area contributed by atoms with Crippen LogP contribution in [0.4, 0.5) is 0 Å². The number of aromatic nitrogens is 1. The van der Waals surface area contributed by atoms with Gasteiger partial charge >= 0.3 is 0 Å². The lowest BCUT2D eigenvalue weighted by Crippen LogP contribution is -2.44. The number of hydrogen-bond acceptors (Lipinski definition) is 5. The molecule has 0 saturated heterocycles. The number of para-hydroxylation sites is 1. The maximum atomic E-state index is 11.2. The number of amides is 2. The average Bonchev–Trinajstić information content (AvgIpc) is 2.45. The van der Waals surface area contributed by atoms with E-state index < -0.39 is 29.8 Å². The van der Waals surface area contributed by atoms with Gasteiger partial charge in [-0.1, -0.05) is 24.3 Å². The van der Waals surface area contributed by atoms with Crippen molar-refractivity contribution in [2.24, 2.45) is 22.9 Å². The van der Waals surface area contributed by atoms with E-state index in [1.165, 1.54) is 0 Å². The fourth-order valence-electron chi connectivity index (χ4n) is 2.74. The van der Waals surface area contributed by atoms with Crippen molar-refractivity contribution in [2.75, 3.05) is 0 Å². The summed E-state index contributed by atoms with van der Waals surface area (Å²) in [5, 5.41) is 0.974. The van der Waals surface area contributed by atoms with E-state index in [-0.39, 0.29) is 12.8 Å². The Morgan fingerprint density at radius 2 is 1.48 bits per heavy atom. The number of nitrogens with two attached hydrogens (primary N) is 4. The molecule has 0 aliphatic carbocycles. The van der Waals surface area contributed by atoms with Crippen LogP contribution in [-0.2, 0) is 9.59 Å². The number of fused-ring (bicyclic) bond motifs is 1. The Labute approximate surface area is 134 Å². The molecular weight excluding hydrogens is 294 g/mol. The van der Waals surface area contributed by atoms with Crippen LogP contribution in [0.2, 0.25) is 0 Å². The standard InChI is InChI=1S/C16H21N5O2/c17-10(7-14(19)22)16(11(18)8-15(20)23)13-6-5-9-3-1-2-4-12(9)21-13/h1-6,10-11,16H,7-8,17-18H2,(H2,19,22)(H2,20,23). The molecule has 122 valence electrons. The van der Waals surface area contributed by atoms with Crippen molar-refractivity contribution in [3.05, 3.63) is 42.1 Å². The summed E-state index contributed by atoms with van der Waals surface area (Å²) in [6.45, 7) is 0. The van der Waals surface area contributed by atoms with Crippen LogP contribution in [0.15, 0.2) is 36.4 Å². The van der Waals surface area contributed by atoms with Gasteiger partial charge in [-0.2, -0.15) is 0 Å². The highest BCUT2D eigenvalue weighted by Gasteiger charge is 2.29. The van der Waals surface area contributed by atoms with Gasteiger partial charge in [0.1, 0.15) is 0 Å². The number of carbonyl (C=O) groups excluding carboxylic acids is 2. The van der Waals surface area contributed by atoms with E-state index in [0.717, 1.165) is 10.9 Å². The van der Waals surface area contributed by atoms with Crippen molar-refractivity contribution < 1.29 is 9.59 Å². The third-order valence-corrected chi connectivity index (χ3v) is 3.76. The lowest BCUT2D eigenvalue weighted by Gasteiger charge is -2.28. The summed E-state index contributed by atoms with van der Waals surface area (Å²) in [4.78, 5) is 27.0. The van der Waals surface area contributed by atoms with Gasteiger partial charge in [0.15, 0.2) is 0 Å². The Bertz CT molecular complexity index is 696. The monoisotopic (exact) mass is 315 g/mol. The molecule has 23 heavy (non-hydrogen) atoms. The normalized spacial score (nSPS) is 15.0. The number of rotatable bonds is 7. The van der Waals surface area contributed by atoms with Crippen LogP contribution in [0, 0.1) is 0 Å². The van der Waals surface area contributed by atoms with E-state index in [0.29, 0.717) is 5.69 Å². The quantitative estimate of drug-likeness (QED) is 0.554. The van der Waals surface area contributed by atoms with Crippen molar-refractivity contribution in [1.29, 1.82) is 0 Å². The van der Waals surface area contributed by atoms with Crippen LogP contribution in [0.1, 0.15) is 24.5 Å². The maximum absolute atomic E-state index is 11.2. The number of pyridine rings is 1. The molecule has 1 aromatic carbocycles. The molecule has 8 N–H and O–H groups in total. The van der Waals surface area contributed by atoms with Gasteiger partial charge in [0.05, 0.1) is 5.52 Å². The largest absolute Gasteiger partial charge is 0.370 e. The van der Waals surface area contributed by atoms with Gasteiger partial charge < -0.3 is 22.9 Å². The van der Waals surface area contributed by atoms with Crippen LogP contribution in [0.5, 0.6) is 0 Å². The third kappa shape index (κ3) is 4.24. The number of hydrogen-bond donors (Lipinski definition) is 4. The zero-order chi connectivity index (χ0) is 17.0. The first-order valence-corrected chi connectivity index (χ1v) is 7.32. The SMILES string of the molecule is NC(=O)CC(N)C(c1ccc2ccccc2n1)C(N)CC(N)=O. The van der Waals surface area contributed by atoms with Crippen molar-refractivity contribution in [2.45, 2.75) is 30.8 Å². The lowest BCUT2D eigenvalue weighted by molar-refractivity contribution is -0.118. The van der Waals surface area contributed by atoms with Crippen molar-refractivity contribution in [3.63, 3.8) is 0 Å². The molecule has 7 heteroatoms. The fraction of sp³-hybridized carbons (Fsp3) is 0.312. The van der Waals surface area contributed by atoms with Crippen molar-refractivity contribution in [1.82, 2.24) is 4.98 Å². The van der Waals surface area contributed by atoms with E-state index in [2.05, 4.69) is 4.98 Å². The predicted octanol–water partition coefficient (Wildman–Crippen LogP) is -0.276. The Hall–Kier alpha value is -2.51. The average molecular weight is 315 g/mol. The summed E-state index contributed by atoms with van der Waals surface area (Å²) in [6, 6.07) is 10.0. The summed E-state index contributed by atoms with van der Waals surface area (Å²) in [5.41, 5.74) is 24.1. The van der Waals surface area contributed by atoms with Crippen LogP contribution in [-0.4, -0.2) is 28.9 Å². The van der Waals surface area contributed by atoms with E-state index in [9.17, 15) is 9.59 Å². The number of primary amides is 2. The number of nitrogens with zero attached hydrogens (tertiary/aromatic N) is 1. The molecular formula is C16H21N5O2. The second-order valence-electron chi connectivity index (χ2n) is 5.62. The minimum Gasteiger partial charge on any atom is -0.370 e. The molecule has 2 rings (SSSR count). The van der Waals surface area contributed by atoms with Crippen molar-refractivity contribution in [3.8, 4) is 0 Å². The topological polar surface area (TPSA) is 151 Å². The molecule has 0 spiro atoms. The van der Waals surface area contributed by atoms with Gasteiger partial charge in [-0.3, -0.25) is 14.6 Å². The molecule has 0 fully saturated rings. The fourth-order valence-corrected chi connectivity index (χ4v) is 2.74. The summed E-state index contributed by atoms with van der Waals surface area (Å²) >= 11 is 0. The van der Waals surface area contributed by atoms with Gasteiger partial charge in [0.2, 0.25) is 11.8 Å². The van der Waals surface area contributed by atoms with Crippen LogP contribution < -0.4 is 22.9 Å².